The van der Waals surface area contributed by atoms with Gasteiger partial charge in [-0.25, -0.2) is 9.97 Å². The Labute approximate surface area is 220 Å². The van der Waals surface area contributed by atoms with E-state index in [2.05, 4.69) is 30.2 Å². The van der Waals surface area contributed by atoms with Gasteiger partial charge in [0.25, 0.3) is 0 Å². The molecule has 1 aliphatic rings. The van der Waals surface area contributed by atoms with E-state index in [9.17, 15) is 44.6 Å². The van der Waals surface area contributed by atoms with Crippen LogP contribution >= 0.6 is 0 Å². The number of alkyl halides is 9. The average molecular weight is 581 g/mol. The molecule has 1 atom stereocenters. The van der Waals surface area contributed by atoms with Crippen LogP contribution in [0.3, 0.4) is 0 Å². The molecule has 1 unspecified atom stereocenters. The molecule has 4 rings (SSSR count). The fourth-order valence-electron chi connectivity index (χ4n) is 3.99. The number of rotatable bonds is 5. The lowest BCUT2D eigenvalue weighted by molar-refractivity contribution is -0.263. The third-order valence-electron chi connectivity index (χ3n) is 6.06. The van der Waals surface area contributed by atoms with E-state index in [0.29, 0.717) is 6.07 Å². The highest BCUT2D eigenvalue weighted by atomic mass is 19.4. The van der Waals surface area contributed by atoms with Crippen LogP contribution in [-0.4, -0.2) is 59.8 Å². The first kappa shape index (κ1) is 29.4. The van der Waals surface area contributed by atoms with Crippen LogP contribution in [0.2, 0.25) is 0 Å². The van der Waals surface area contributed by atoms with Crippen LogP contribution in [0.1, 0.15) is 36.5 Å². The Bertz CT molecular complexity index is 1350. The number of aliphatic hydroxyl groups is 1. The molecule has 3 aromatic rings. The minimum absolute atomic E-state index is 0.0223. The number of aromatic nitrogens is 5. The fourth-order valence-corrected chi connectivity index (χ4v) is 3.99. The number of anilines is 2. The second kappa shape index (κ2) is 10.8. The first-order valence-corrected chi connectivity index (χ1v) is 11.6. The van der Waals surface area contributed by atoms with Crippen molar-refractivity contribution >= 4 is 11.6 Å². The highest BCUT2D eigenvalue weighted by molar-refractivity contribution is 5.57. The predicted molar refractivity (Wildman–Crippen MR) is 121 cm³/mol. The molecule has 1 aliphatic heterocycles. The van der Waals surface area contributed by atoms with Gasteiger partial charge < -0.3 is 10.4 Å². The third kappa shape index (κ3) is 6.93. The maximum Gasteiger partial charge on any atom is 0.433 e. The van der Waals surface area contributed by atoms with Gasteiger partial charge in [0.1, 0.15) is 22.9 Å². The molecule has 0 radical (unpaired) electrons. The monoisotopic (exact) mass is 581 g/mol. The number of nitrogens with one attached hydrogen (secondary N) is 1. The number of hydrogen-bond donors (Lipinski definition) is 2. The van der Waals surface area contributed by atoms with E-state index < -0.39 is 48.4 Å². The Balaban J connectivity index is 1.68. The van der Waals surface area contributed by atoms with Gasteiger partial charge >= 0.3 is 18.5 Å². The van der Waals surface area contributed by atoms with Crippen molar-refractivity contribution in [1.29, 1.82) is 0 Å². The third-order valence-corrected chi connectivity index (χ3v) is 6.06. The topological polar surface area (TPSA) is 100.0 Å². The molecule has 1 saturated heterocycles. The second-order valence-electron chi connectivity index (χ2n) is 9.02. The normalized spacial score (nSPS) is 19.4. The lowest BCUT2D eigenvalue weighted by atomic mass is 9.94. The summed E-state index contributed by atoms with van der Waals surface area (Å²) in [4.78, 5) is 20.5. The highest BCUT2D eigenvalue weighted by Gasteiger charge is 2.53. The van der Waals surface area contributed by atoms with E-state index in [1.807, 2.05) is 0 Å². The van der Waals surface area contributed by atoms with E-state index in [1.54, 1.807) is 0 Å². The first-order valence-electron chi connectivity index (χ1n) is 11.6. The van der Waals surface area contributed by atoms with Crippen molar-refractivity contribution in [2.45, 2.75) is 49.9 Å². The van der Waals surface area contributed by atoms with Crippen molar-refractivity contribution in [3.05, 3.63) is 53.7 Å². The molecular formula is C23H20F9N7O. The van der Waals surface area contributed by atoms with E-state index in [-0.39, 0.29) is 55.0 Å². The summed E-state index contributed by atoms with van der Waals surface area (Å²) in [5.41, 5.74) is -5.82. The maximum atomic E-state index is 13.3. The predicted octanol–water partition coefficient (Wildman–Crippen LogP) is 5.39. The molecule has 40 heavy (non-hydrogen) atoms. The van der Waals surface area contributed by atoms with Gasteiger partial charge in [-0.05, 0) is 50.1 Å². The van der Waals surface area contributed by atoms with E-state index in [0.717, 1.165) is 18.3 Å². The average Bonchev–Trinajstić information content (AvgIpc) is 3.05. The zero-order valence-electron chi connectivity index (χ0n) is 20.2. The number of halogens is 9. The van der Waals surface area contributed by atoms with Crippen molar-refractivity contribution in [3.8, 4) is 11.5 Å². The maximum absolute atomic E-state index is 13.3. The molecule has 0 spiro atoms. The molecule has 0 bridgehead atoms. The van der Waals surface area contributed by atoms with Crippen molar-refractivity contribution in [2.75, 3.05) is 18.4 Å². The SMILES string of the molecule is OC1(C(F)(F)F)CCCN(Cc2nc(Nc3ccnc(C(F)(F)F)c3)nc(-c3cccc(C(F)(F)F)n3)n2)CC1. The van der Waals surface area contributed by atoms with Crippen LogP contribution in [0.4, 0.5) is 51.1 Å². The summed E-state index contributed by atoms with van der Waals surface area (Å²) in [6.07, 6.45) is -14.7. The van der Waals surface area contributed by atoms with Crippen LogP contribution in [0, 0.1) is 0 Å². The van der Waals surface area contributed by atoms with Gasteiger partial charge in [-0.3, -0.25) is 9.88 Å². The summed E-state index contributed by atoms with van der Waals surface area (Å²) in [5, 5.41) is 12.6. The molecule has 17 heteroatoms. The van der Waals surface area contributed by atoms with E-state index >= 15 is 0 Å². The van der Waals surface area contributed by atoms with Crippen molar-refractivity contribution < 1.29 is 44.6 Å². The molecule has 4 heterocycles. The first-order chi connectivity index (χ1) is 18.5. The lowest BCUT2D eigenvalue weighted by Gasteiger charge is -2.29. The Morgan fingerprint density at radius 3 is 2.25 bits per heavy atom. The van der Waals surface area contributed by atoms with E-state index in [4.69, 9.17) is 0 Å². The van der Waals surface area contributed by atoms with Gasteiger partial charge in [0.05, 0.1) is 6.54 Å². The van der Waals surface area contributed by atoms with Crippen LogP contribution < -0.4 is 5.32 Å². The Hall–Kier alpha value is -3.60. The second-order valence-corrected chi connectivity index (χ2v) is 9.02. The quantitative estimate of drug-likeness (QED) is 0.387. The zero-order chi connectivity index (χ0) is 29.3. The summed E-state index contributed by atoms with van der Waals surface area (Å²) in [6.45, 7) is -0.286. The minimum atomic E-state index is -4.84. The molecular weight excluding hydrogens is 561 g/mol. The van der Waals surface area contributed by atoms with Gasteiger partial charge in [-0.1, -0.05) is 6.07 Å². The number of pyridine rings is 2. The number of hydrogen-bond acceptors (Lipinski definition) is 8. The molecule has 216 valence electrons. The van der Waals surface area contributed by atoms with E-state index in [1.165, 1.54) is 17.0 Å². The van der Waals surface area contributed by atoms with Gasteiger partial charge in [0.15, 0.2) is 11.4 Å². The lowest BCUT2D eigenvalue weighted by Crippen LogP contribution is -2.45. The summed E-state index contributed by atoms with van der Waals surface area (Å²) in [5.74, 6) is -0.806. The van der Waals surface area contributed by atoms with Gasteiger partial charge in [0.2, 0.25) is 5.95 Å². The smallest absolute Gasteiger partial charge is 0.380 e. The van der Waals surface area contributed by atoms with Crippen LogP contribution in [-0.2, 0) is 18.9 Å². The summed E-state index contributed by atoms with van der Waals surface area (Å²) < 4.78 is 119. The molecule has 0 aromatic carbocycles. The zero-order valence-corrected chi connectivity index (χ0v) is 20.2. The van der Waals surface area contributed by atoms with Crippen molar-refractivity contribution in [3.63, 3.8) is 0 Å². The summed E-state index contributed by atoms with van der Waals surface area (Å²) in [7, 11) is 0. The largest absolute Gasteiger partial charge is 0.433 e. The Morgan fingerprint density at radius 2 is 1.57 bits per heavy atom. The van der Waals surface area contributed by atoms with Crippen LogP contribution in [0.15, 0.2) is 36.5 Å². The van der Waals surface area contributed by atoms with Gasteiger partial charge in [0, 0.05) is 18.4 Å². The van der Waals surface area contributed by atoms with Gasteiger partial charge in [-0.15, -0.1) is 0 Å². The van der Waals surface area contributed by atoms with Crippen LogP contribution in [0.25, 0.3) is 11.5 Å². The Morgan fingerprint density at radius 1 is 0.850 bits per heavy atom. The number of likely N-dealkylation sites (tertiary alicyclic amines) is 1. The standard InChI is InChI=1S/C23H20F9N7O/c24-21(25,26)15-4-1-3-14(35-15)18-36-17(12-39-9-2-6-20(40,7-10-39)23(30,31)32)37-19(38-18)34-13-5-8-33-16(11-13)22(27,28)29/h1,3-5,8,11,40H,2,6-7,9-10,12H2,(H,33,34,36,37,38). The van der Waals surface area contributed by atoms with Gasteiger partial charge in [-0.2, -0.15) is 49.5 Å². The molecule has 0 saturated carbocycles. The minimum Gasteiger partial charge on any atom is -0.380 e. The fraction of sp³-hybridized carbons (Fsp3) is 0.435. The molecule has 1 fully saturated rings. The summed E-state index contributed by atoms with van der Waals surface area (Å²) in [6, 6.07) is 4.81. The van der Waals surface area contributed by atoms with Crippen molar-refractivity contribution in [2.24, 2.45) is 0 Å². The molecule has 3 aromatic heterocycles. The number of nitrogens with zero attached hydrogens (tertiary/aromatic N) is 6. The molecule has 0 aliphatic carbocycles. The molecule has 2 N–H and O–H groups in total. The van der Waals surface area contributed by atoms with Crippen molar-refractivity contribution in [1.82, 2.24) is 29.8 Å². The molecule has 0 amide bonds. The highest BCUT2D eigenvalue weighted by Crippen LogP contribution is 2.38. The Kier molecular flexibility index (Phi) is 7.90. The van der Waals surface area contributed by atoms with Crippen LogP contribution in [0.5, 0.6) is 0 Å². The molecule has 8 nitrogen and oxygen atoms in total. The summed E-state index contributed by atoms with van der Waals surface area (Å²) >= 11 is 0.